The maximum Gasteiger partial charge on any atom is 0.270 e. The molecule has 0 aliphatic heterocycles. The topological polar surface area (TPSA) is 67.4 Å². The standard InChI is InChI=1S/C13H17BrN2O3/c1-9(2)19-8-7-12(17)15-16-13(18)10-5-3-4-6-11(10)14/h3-6,9H,7-8H2,1-2H3,(H,15,17)(H,16,18). The van der Waals surface area contributed by atoms with Crippen LogP contribution in [0.5, 0.6) is 0 Å². The molecule has 6 heteroatoms. The Hall–Kier alpha value is -1.40. The SMILES string of the molecule is CC(C)OCCC(=O)NNC(=O)c1ccccc1Br. The fourth-order valence-electron chi connectivity index (χ4n) is 1.29. The number of rotatable bonds is 5. The third-order valence-electron chi connectivity index (χ3n) is 2.21. The maximum atomic E-state index is 11.8. The van der Waals surface area contributed by atoms with Crippen LogP contribution >= 0.6 is 15.9 Å². The van der Waals surface area contributed by atoms with Crippen LogP contribution in [0.15, 0.2) is 28.7 Å². The molecule has 0 fully saturated rings. The van der Waals surface area contributed by atoms with E-state index in [2.05, 4.69) is 26.8 Å². The molecule has 5 nitrogen and oxygen atoms in total. The monoisotopic (exact) mass is 328 g/mol. The summed E-state index contributed by atoms with van der Waals surface area (Å²) < 4.78 is 5.91. The molecule has 0 bridgehead atoms. The second-order valence-corrected chi connectivity index (χ2v) is 5.01. The highest BCUT2D eigenvalue weighted by Gasteiger charge is 2.10. The molecule has 104 valence electrons. The molecule has 0 radical (unpaired) electrons. The van der Waals surface area contributed by atoms with Crippen molar-refractivity contribution in [3.63, 3.8) is 0 Å². The second-order valence-electron chi connectivity index (χ2n) is 4.15. The molecule has 0 heterocycles. The second kappa shape index (κ2) is 7.91. The van der Waals surface area contributed by atoms with Crippen molar-refractivity contribution in [1.29, 1.82) is 0 Å². The van der Waals surface area contributed by atoms with Gasteiger partial charge < -0.3 is 4.74 Å². The summed E-state index contributed by atoms with van der Waals surface area (Å²) in [4.78, 5) is 23.2. The maximum absolute atomic E-state index is 11.8. The van der Waals surface area contributed by atoms with Gasteiger partial charge in [0, 0.05) is 4.47 Å². The van der Waals surface area contributed by atoms with Gasteiger partial charge in [-0.1, -0.05) is 12.1 Å². The zero-order chi connectivity index (χ0) is 14.3. The Morgan fingerprint density at radius 3 is 2.58 bits per heavy atom. The van der Waals surface area contributed by atoms with Gasteiger partial charge in [-0.25, -0.2) is 0 Å². The van der Waals surface area contributed by atoms with Gasteiger partial charge in [0.25, 0.3) is 5.91 Å². The lowest BCUT2D eigenvalue weighted by Gasteiger charge is -2.09. The Balaban J connectivity index is 2.34. The highest BCUT2D eigenvalue weighted by molar-refractivity contribution is 9.10. The summed E-state index contributed by atoms with van der Waals surface area (Å²) >= 11 is 3.27. The Labute approximate surface area is 120 Å². The Morgan fingerprint density at radius 1 is 1.26 bits per heavy atom. The van der Waals surface area contributed by atoms with Crippen molar-refractivity contribution in [3.8, 4) is 0 Å². The van der Waals surface area contributed by atoms with Gasteiger partial charge in [-0.15, -0.1) is 0 Å². The summed E-state index contributed by atoms with van der Waals surface area (Å²) in [6.07, 6.45) is 0.289. The van der Waals surface area contributed by atoms with Crippen LogP contribution in [0.3, 0.4) is 0 Å². The number of hydrogen-bond acceptors (Lipinski definition) is 3. The zero-order valence-electron chi connectivity index (χ0n) is 10.9. The number of halogens is 1. The van der Waals surface area contributed by atoms with Gasteiger partial charge in [-0.3, -0.25) is 20.4 Å². The number of ether oxygens (including phenoxy) is 1. The Kier molecular flexibility index (Phi) is 6.52. The van der Waals surface area contributed by atoms with Crippen molar-refractivity contribution in [3.05, 3.63) is 34.3 Å². The third kappa shape index (κ3) is 5.85. The van der Waals surface area contributed by atoms with Crippen LogP contribution in [-0.4, -0.2) is 24.5 Å². The van der Waals surface area contributed by atoms with E-state index < -0.39 is 0 Å². The van der Waals surface area contributed by atoms with Gasteiger partial charge in [-0.2, -0.15) is 0 Å². The Morgan fingerprint density at radius 2 is 1.95 bits per heavy atom. The van der Waals surface area contributed by atoms with Gasteiger partial charge in [0.15, 0.2) is 0 Å². The quantitative estimate of drug-likeness (QED) is 0.812. The van der Waals surface area contributed by atoms with Crippen molar-refractivity contribution in [1.82, 2.24) is 10.9 Å². The summed E-state index contributed by atoms with van der Waals surface area (Å²) in [5.41, 5.74) is 5.16. The number of hydrazine groups is 1. The minimum atomic E-state index is -0.370. The molecule has 0 aliphatic carbocycles. The van der Waals surface area contributed by atoms with Gasteiger partial charge in [0.1, 0.15) is 0 Å². The summed E-state index contributed by atoms with van der Waals surface area (Å²) in [6.45, 7) is 4.12. The van der Waals surface area contributed by atoms with Crippen molar-refractivity contribution < 1.29 is 14.3 Å². The number of benzene rings is 1. The highest BCUT2D eigenvalue weighted by Crippen LogP contribution is 2.15. The predicted molar refractivity (Wildman–Crippen MR) is 75.5 cm³/mol. The molecule has 0 unspecified atom stereocenters. The summed E-state index contributed by atoms with van der Waals surface area (Å²) in [6, 6.07) is 6.97. The number of hydrogen-bond donors (Lipinski definition) is 2. The highest BCUT2D eigenvalue weighted by atomic mass is 79.9. The molecular formula is C13H17BrN2O3. The molecule has 2 N–H and O–H groups in total. The molecule has 1 aromatic carbocycles. The van der Waals surface area contributed by atoms with E-state index in [1.165, 1.54) is 0 Å². The smallest absolute Gasteiger partial charge is 0.270 e. The van der Waals surface area contributed by atoms with Crippen molar-refractivity contribution in [2.45, 2.75) is 26.4 Å². The lowest BCUT2D eigenvalue weighted by Crippen LogP contribution is -2.42. The average Bonchev–Trinajstić information content (AvgIpc) is 2.36. The number of carbonyl (C=O) groups is 2. The zero-order valence-corrected chi connectivity index (χ0v) is 12.5. The Bertz CT molecular complexity index is 449. The van der Waals surface area contributed by atoms with Gasteiger partial charge >= 0.3 is 0 Å². The van der Waals surface area contributed by atoms with E-state index >= 15 is 0 Å². The van der Waals surface area contributed by atoms with E-state index in [0.29, 0.717) is 16.6 Å². The van der Waals surface area contributed by atoms with E-state index in [1.54, 1.807) is 18.2 Å². The molecule has 0 saturated carbocycles. The van der Waals surface area contributed by atoms with Crippen LogP contribution in [0.25, 0.3) is 0 Å². The molecule has 0 saturated heterocycles. The van der Waals surface area contributed by atoms with Crippen LogP contribution in [-0.2, 0) is 9.53 Å². The summed E-state index contributed by atoms with van der Waals surface area (Å²) in [7, 11) is 0. The van der Waals surface area contributed by atoms with Gasteiger partial charge in [0.2, 0.25) is 5.91 Å². The van der Waals surface area contributed by atoms with E-state index in [9.17, 15) is 9.59 Å². The van der Waals surface area contributed by atoms with Crippen molar-refractivity contribution in [2.75, 3.05) is 6.61 Å². The fourth-order valence-corrected chi connectivity index (χ4v) is 1.75. The number of nitrogens with one attached hydrogen (secondary N) is 2. The first-order chi connectivity index (χ1) is 9.00. The molecule has 0 aromatic heterocycles. The summed E-state index contributed by atoms with van der Waals surface area (Å²) in [5, 5.41) is 0. The van der Waals surface area contributed by atoms with Crippen LogP contribution in [0.4, 0.5) is 0 Å². The number of carbonyl (C=O) groups excluding carboxylic acids is 2. The predicted octanol–water partition coefficient (Wildman–Crippen LogP) is 2.03. The first kappa shape index (κ1) is 15.7. The van der Waals surface area contributed by atoms with Crippen LogP contribution in [0.1, 0.15) is 30.6 Å². The van der Waals surface area contributed by atoms with Crippen LogP contribution < -0.4 is 10.9 Å². The van der Waals surface area contributed by atoms with Crippen molar-refractivity contribution >= 4 is 27.7 Å². The first-order valence-electron chi connectivity index (χ1n) is 5.96. The minimum absolute atomic E-state index is 0.0858. The fraction of sp³-hybridized carbons (Fsp3) is 0.385. The van der Waals surface area contributed by atoms with E-state index in [1.807, 2.05) is 19.9 Å². The molecule has 2 amide bonds. The molecule has 0 atom stereocenters. The minimum Gasteiger partial charge on any atom is -0.378 e. The molecule has 0 aliphatic rings. The van der Waals surface area contributed by atoms with E-state index in [4.69, 9.17) is 4.74 Å². The lowest BCUT2D eigenvalue weighted by atomic mass is 10.2. The van der Waals surface area contributed by atoms with E-state index in [-0.39, 0.29) is 24.3 Å². The summed E-state index contributed by atoms with van der Waals surface area (Å²) in [5.74, 6) is -0.661. The molecule has 19 heavy (non-hydrogen) atoms. The van der Waals surface area contributed by atoms with Gasteiger partial charge in [-0.05, 0) is 41.9 Å². The van der Waals surface area contributed by atoms with Crippen LogP contribution in [0.2, 0.25) is 0 Å². The normalized spacial score (nSPS) is 10.3. The first-order valence-corrected chi connectivity index (χ1v) is 6.75. The van der Waals surface area contributed by atoms with E-state index in [0.717, 1.165) is 0 Å². The van der Waals surface area contributed by atoms with Crippen LogP contribution in [0, 0.1) is 0 Å². The number of amides is 2. The largest absolute Gasteiger partial charge is 0.378 e. The average molecular weight is 329 g/mol. The molecule has 1 aromatic rings. The third-order valence-corrected chi connectivity index (χ3v) is 2.91. The lowest BCUT2D eigenvalue weighted by molar-refractivity contribution is -0.123. The van der Waals surface area contributed by atoms with Crippen molar-refractivity contribution in [2.24, 2.45) is 0 Å². The molecule has 1 rings (SSSR count). The molecule has 0 spiro atoms. The van der Waals surface area contributed by atoms with Gasteiger partial charge in [0.05, 0.1) is 24.7 Å². The molecular weight excluding hydrogens is 312 g/mol.